The van der Waals surface area contributed by atoms with Gasteiger partial charge in [0.25, 0.3) is 0 Å². The quantitative estimate of drug-likeness (QED) is 0.204. The maximum Gasteiger partial charge on any atom is -0.0152 e. The van der Waals surface area contributed by atoms with Gasteiger partial charge in [0.15, 0.2) is 0 Å². The predicted molar refractivity (Wildman–Crippen MR) is 196 cm³/mol. The van der Waals surface area contributed by atoms with Gasteiger partial charge in [-0.05, 0) is 57.9 Å². The van der Waals surface area contributed by atoms with E-state index in [-0.39, 0.29) is 0 Å². The normalized spacial score (nSPS) is 8.64. The third-order valence-electron chi connectivity index (χ3n) is 5.98. The van der Waals surface area contributed by atoms with Crippen LogP contribution >= 0.6 is 0 Å². The van der Waals surface area contributed by atoms with Crippen LogP contribution in [0.15, 0.2) is 127 Å². The molecule has 0 spiro atoms. The van der Waals surface area contributed by atoms with Crippen LogP contribution in [0.1, 0.15) is 92.9 Å². The molecule has 0 aliphatic rings. The van der Waals surface area contributed by atoms with Crippen molar-refractivity contribution in [2.75, 3.05) is 0 Å². The van der Waals surface area contributed by atoms with E-state index in [9.17, 15) is 0 Å². The minimum absolute atomic E-state index is 1.11. The fourth-order valence-corrected chi connectivity index (χ4v) is 3.88. The highest BCUT2D eigenvalue weighted by Crippen LogP contribution is 2.19. The second-order valence-corrected chi connectivity index (χ2v) is 8.25. The molecule has 0 heterocycles. The summed E-state index contributed by atoms with van der Waals surface area (Å²) in [6.07, 6.45) is 3.36. The second kappa shape index (κ2) is 28.9. The predicted octanol–water partition coefficient (Wildman–Crippen LogP) is 13.7. The lowest BCUT2D eigenvalue weighted by molar-refractivity contribution is 1.14. The van der Waals surface area contributed by atoms with Crippen LogP contribution in [0.3, 0.4) is 0 Å². The Morgan fingerprint density at radius 1 is 0.333 bits per heavy atom. The Hall–Kier alpha value is -3.64. The molecule has 0 N–H and O–H groups in total. The Balaban J connectivity index is 0. The average Bonchev–Trinajstić information content (AvgIpc) is 3.13. The minimum atomic E-state index is 1.11. The zero-order chi connectivity index (χ0) is 32.0. The average molecular weight is 565 g/mol. The van der Waals surface area contributed by atoms with E-state index in [0.717, 1.165) is 19.3 Å². The highest BCUT2D eigenvalue weighted by Gasteiger charge is 1.96. The fraction of sp³-hybridized carbons (Fsp3) is 0.333. The number of hydrogen-bond donors (Lipinski definition) is 0. The Kier molecular flexibility index (Phi) is 27.8. The van der Waals surface area contributed by atoms with E-state index in [0.29, 0.717) is 0 Å². The summed E-state index contributed by atoms with van der Waals surface area (Å²) in [7, 11) is 0. The van der Waals surface area contributed by atoms with Crippen molar-refractivity contribution in [2.45, 2.75) is 95.4 Å². The first-order chi connectivity index (χ1) is 20.7. The highest BCUT2D eigenvalue weighted by molar-refractivity contribution is 5.85. The lowest BCUT2D eigenvalue weighted by atomic mass is 10.0. The zero-order valence-electron chi connectivity index (χ0n) is 28.7. The maximum atomic E-state index is 2.20. The summed E-state index contributed by atoms with van der Waals surface area (Å²) < 4.78 is 0. The molecule has 0 nitrogen and oxygen atoms in total. The van der Waals surface area contributed by atoms with Crippen LogP contribution in [0.4, 0.5) is 0 Å². The van der Waals surface area contributed by atoms with Crippen molar-refractivity contribution in [2.24, 2.45) is 0 Å². The van der Waals surface area contributed by atoms with Gasteiger partial charge in [-0.25, -0.2) is 0 Å². The molecule has 42 heavy (non-hydrogen) atoms. The summed E-state index contributed by atoms with van der Waals surface area (Å²) in [5.41, 5.74) is 6.82. The third-order valence-corrected chi connectivity index (χ3v) is 5.98. The molecule has 0 saturated heterocycles. The summed E-state index contributed by atoms with van der Waals surface area (Å²) >= 11 is 0. The van der Waals surface area contributed by atoms with Crippen molar-refractivity contribution in [3.63, 3.8) is 0 Å². The molecule has 0 fully saturated rings. The number of rotatable bonds is 4. The maximum absolute atomic E-state index is 2.20. The molecule has 0 unspecified atom stereocenters. The van der Waals surface area contributed by atoms with Gasteiger partial charge >= 0.3 is 0 Å². The summed E-state index contributed by atoms with van der Waals surface area (Å²) in [6.45, 7) is 22.5. The largest absolute Gasteiger partial charge is 0.0683 e. The molecular formula is C42H60. The molecule has 5 aromatic carbocycles. The van der Waals surface area contributed by atoms with Crippen molar-refractivity contribution in [3.8, 4) is 11.1 Å². The van der Waals surface area contributed by atoms with Crippen LogP contribution in [-0.2, 0) is 19.3 Å². The molecule has 0 radical (unpaired) electrons. The Labute approximate surface area is 260 Å². The number of fused-ring (bicyclic) bond motifs is 1. The van der Waals surface area contributed by atoms with Gasteiger partial charge in [-0.3, -0.25) is 0 Å². The first-order valence-electron chi connectivity index (χ1n) is 16.4. The topological polar surface area (TPSA) is 0 Å². The SMILES string of the molecule is CC.CC.CC.CC.CCc1ccc(-c2ccccc2)cc1.CCc1cccc2ccccc12.CCc1ccccc1. The van der Waals surface area contributed by atoms with E-state index >= 15 is 0 Å². The van der Waals surface area contributed by atoms with Crippen LogP contribution in [0.5, 0.6) is 0 Å². The van der Waals surface area contributed by atoms with E-state index in [1.165, 1.54) is 38.6 Å². The molecule has 0 bridgehead atoms. The van der Waals surface area contributed by atoms with Crippen LogP contribution in [0.2, 0.25) is 0 Å². The molecular weight excluding hydrogens is 504 g/mol. The van der Waals surface area contributed by atoms with Crippen molar-refractivity contribution in [3.05, 3.63) is 144 Å². The second-order valence-electron chi connectivity index (χ2n) is 8.25. The van der Waals surface area contributed by atoms with Gasteiger partial charge in [0.05, 0.1) is 0 Å². The van der Waals surface area contributed by atoms with Gasteiger partial charge in [0, 0.05) is 0 Å². The molecule has 0 amide bonds. The number of aryl methyl sites for hydroxylation is 3. The lowest BCUT2D eigenvalue weighted by Crippen LogP contribution is -1.81. The molecule has 228 valence electrons. The van der Waals surface area contributed by atoms with Crippen molar-refractivity contribution >= 4 is 10.8 Å². The van der Waals surface area contributed by atoms with Crippen molar-refractivity contribution in [1.82, 2.24) is 0 Å². The minimum Gasteiger partial charge on any atom is -0.0683 e. The summed E-state index contributed by atoms with van der Waals surface area (Å²) in [4.78, 5) is 0. The highest BCUT2D eigenvalue weighted by atomic mass is 14.0. The smallest absolute Gasteiger partial charge is 0.0152 e. The molecule has 5 aromatic rings. The molecule has 0 aromatic heterocycles. The van der Waals surface area contributed by atoms with Gasteiger partial charge in [0.1, 0.15) is 0 Å². The molecule has 5 rings (SSSR count). The summed E-state index contributed by atoms with van der Waals surface area (Å²) in [6, 6.07) is 44.7. The van der Waals surface area contributed by atoms with E-state index in [4.69, 9.17) is 0 Å². The van der Waals surface area contributed by atoms with Crippen molar-refractivity contribution < 1.29 is 0 Å². The van der Waals surface area contributed by atoms with E-state index in [1.807, 2.05) is 67.5 Å². The van der Waals surface area contributed by atoms with Crippen LogP contribution < -0.4 is 0 Å². The Morgan fingerprint density at radius 2 is 0.738 bits per heavy atom. The first kappa shape index (κ1) is 40.5. The number of hydrogen-bond acceptors (Lipinski definition) is 0. The zero-order valence-corrected chi connectivity index (χ0v) is 28.7. The Morgan fingerprint density at radius 3 is 1.21 bits per heavy atom. The van der Waals surface area contributed by atoms with Gasteiger partial charge in [-0.15, -0.1) is 0 Å². The van der Waals surface area contributed by atoms with Crippen LogP contribution in [0, 0.1) is 0 Å². The van der Waals surface area contributed by atoms with Crippen LogP contribution in [0.25, 0.3) is 21.9 Å². The van der Waals surface area contributed by atoms with Gasteiger partial charge in [0.2, 0.25) is 0 Å². The fourth-order valence-electron chi connectivity index (χ4n) is 3.88. The van der Waals surface area contributed by atoms with E-state index in [1.54, 1.807) is 0 Å². The van der Waals surface area contributed by atoms with E-state index < -0.39 is 0 Å². The lowest BCUT2D eigenvalue weighted by Gasteiger charge is -2.02. The van der Waals surface area contributed by atoms with E-state index in [2.05, 4.69) is 136 Å². The molecule has 0 aliphatic carbocycles. The molecule has 0 atom stereocenters. The standard InChI is InChI=1S/C14H14.C12H12.C8H10.4C2H6/c1-2-12-8-10-14(11-9-12)13-6-4-3-5-7-13;1-2-10-7-5-8-11-6-3-4-9-12(10)11;1-2-8-6-4-3-5-7-8;4*1-2/h3-11H,2H2,1H3;3-9H,2H2,1H3;3-7H,2H2,1H3;4*1-2H3. The van der Waals surface area contributed by atoms with Crippen LogP contribution in [-0.4, -0.2) is 0 Å². The monoisotopic (exact) mass is 564 g/mol. The molecule has 0 saturated carbocycles. The third kappa shape index (κ3) is 16.0. The summed E-state index contributed by atoms with van der Waals surface area (Å²) in [5, 5.41) is 2.74. The molecule has 0 aliphatic heterocycles. The number of benzene rings is 5. The first-order valence-corrected chi connectivity index (χ1v) is 16.4. The van der Waals surface area contributed by atoms with Crippen molar-refractivity contribution in [1.29, 1.82) is 0 Å². The van der Waals surface area contributed by atoms with Gasteiger partial charge < -0.3 is 0 Å². The Bertz CT molecular complexity index is 1210. The molecule has 0 heteroatoms. The summed E-state index contributed by atoms with van der Waals surface area (Å²) in [5.74, 6) is 0. The van der Waals surface area contributed by atoms with Gasteiger partial charge in [-0.2, -0.15) is 0 Å². The van der Waals surface area contributed by atoms with Gasteiger partial charge in [-0.1, -0.05) is 204 Å².